The zero-order valence-electron chi connectivity index (χ0n) is 16.9. The van der Waals surface area contributed by atoms with E-state index in [1.165, 1.54) is 20.2 Å². The molecule has 2 aromatic heterocycles. The molecule has 0 atom stereocenters. The van der Waals surface area contributed by atoms with Crippen molar-refractivity contribution in [2.24, 2.45) is 0 Å². The maximum atomic E-state index is 12.6. The van der Waals surface area contributed by atoms with Crippen molar-refractivity contribution in [1.82, 2.24) is 10.3 Å². The second-order valence-corrected chi connectivity index (χ2v) is 8.42. The molecule has 6 heteroatoms. The van der Waals surface area contributed by atoms with Crippen molar-refractivity contribution in [2.45, 2.75) is 6.92 Å². The lowest BCUT2D eigenvalue weighted by Gasteiger charge is -2.29. The summed E-state index contributed by atoms with van der Waals surface area (Å²) in [6.45, 7) is 5.27. The van der Waals surface area contributed by atoms with Crippen LogP contribution in [0.25, 0.3) is 31.4 Å². The quantitative estimate of drug-likeness (QED) is 0.523. The number of anilines is 1. The van der Waals surface area contributed by atoms with Gasteiger partial charge in [0.1, 0.15) is 5.82 Å². The van der Waals surface area contributed by atoms with Crippen LogP contribution in [-0.2, 0) is 4.74 Å². The molecule has 1 aliphatic rings. The molecule has 0 radical (unpaired) electrons. The third kappa shape index (κ3) is 3.42. The van der Waals surface area contributed by atoms with Gasteiger partial charge < -0.3 is 15.0 Å². The Morgan fingerprint density at radius 1 is 1.07 bits per heavy atom. The number of thiophene rings is 1. The van der Waals surface area contributed by atoms with Crippen molar-refractivity contribution in [3.63, 3.8) is 0 Å². The van der Waals surface area contributed by atoms with E-state index in [0.717, 1.165) is 30.2 Å². The van der Waals surface area contributed by atoms with Crippen LogP contribution in [0.15, 0.2) is 54.6 Å². The summed E-state index contributed by atoms with van der Waals surface area (Å²) in [4.78, 5) is 19.7. The molecule has 1 N–H and O–H groups in total. The topological polar surface area (TPSA) is 54.5 Å². The van der Waals surface area contributed by atoms with Crippen LogP contribution < -0.4 is 10.2 Å². The Morgan fingerprint density at radius 2 is 1.87 bits per heavy atom. The minimum atomic E-state index is -0.0858. The Labute approximate surface area is 179 Å². The molecule has 1 saturated heterocycles. The number of hydrogen-bond acceptors (Lipinski definition) is 5. The lowest BCUT2D eigenvalue weighted by molar-refractivity contribution is 0.0954. The SMILES string of the molecule is CCNC(=O)c1ccc(-c2ccc3sc4ccccc4c3c2)nc1N1CCOCC1. The summed E-state index contributed by atoms with van der Waals surface area (Å²) >= 11 is 1.81. The standard InChI is InChI=1S/C24H23N3O2S/c1-2-25-24(28)18-8-9-20(26-23(18)27-11-13-29-14-12-27)16-7-10-22-19(15-16)17-5-3-4-6-21(17)30-22/h3-10,15H,2,11-14H2,1H3,(H,25,28). The first kappa shape index (κ1) is 19.0. The highest BCUT2D eigenvalue weighted by molar-refractivity contribution is 7.25. The molecule has 4 aromatic rings. The number of nitrogens with zero attached hydrogens (tertiary/aromatic N) is 2. The molecule has 1 fully saturated rings. The minimum Gasteiger partial charge on any atom is -0.378 e. The molecule has 0 unspecified atom stereocenters. The van der Waals surface area contributed by atoms with Crippen molar-refractivity contribution in [2.75, 3.05) is 37.7 Å². The number of nitrogens with one attached hydrogen (secondary N) is 1. The number of carbonyl (C=O) groups is 1. The second-order valence-electron chi connectivity index (χ2n) is 7.34. The zero-order valence-corrected chi connectivity index (χ0v) is 17.7. The van der Waals surface area contributed by atoms with E-state index in [1.54, 1.807) is 0 Å². The van der Waals surface area contributed by atoms with Gasteiger partial charge in [-0.15, -0.1) is 11.3 Å². The fraction of sp³-hybridized carbons (Fsp3) is 0.250. The van der Waals surface area contributed by atoms with Gasteiger partial charge in [0, 0.05) is 45.4 Å². The van der Waals surface area contributed by atoms with Crippen LogP contribution in [0.2, 0.25) is 0 Å². The van der Waals surface area contributed by atoms with Gasteiger partial charge in [0.05, 0.1) is 24.5 Å². The van der Waals surface area contributed by atoms with Crippen LogP contribution in [0, 0.1) is 0 Å². The summed E-state index contributed by atoms with van der Waals surface area (Å²) in [5, 5.41) is 5.42. The number of benzene rings is 2. The maximum absolute atomic E-state index is 12.6. The summed E-state index contributed by atoms with van der Waals surface area (Å²) < 4.78 is 8.06. The summed E-state index contributed by atoms with van der Waals surface area (Å²) in [7, 11) is 0. The Balaban J connectivity index is 1.61. The summed E-state index contributed by atoms with van der Waals surface area (Å²) in [5.41, 5.74) is 2.55. The van der Waals surface area contributed by atoms with E-state index in [0.29, 0.717) is 25.3 Å². The molecule has 5 rings (SSSR count). The Morgan fingerprint density at radius 3 is 2.70 bits per heavy atom. The highest BCUT2D eigenvalue weighted by Gasteiger charge is 2.21. The van der Waals surface area contributed by atoms with Crippen molar-refractivity contribution >= 4 is 43.2 Å². The van der Waals surface area contributed by atoms with Gasteiger partial charge in [0.25, 0.3) is 5.91 Å². The van der Waals surface area contributed by atoms with Crippen molar-refractivity contribution in [1.29, 1.82) is 0 Å². The number of rotatable bonds is 4. The highest BCUT2D eigenvalue weighted by Crippen LogP contribution is 2.36. The lowest BCUT2D eigenvalue weighted by Crippen LogP contribution is -2.38. The molecule has 0 saturated carbocycles. The molecule has 30 heavy (non-hydrogen) atoms. The smallest absolute Gasteiger partial charge is 0.255 e. The lowest BCUT2D eigenvalue weighted by atomic mass is 10.1. The van der Waals surface area contributed by atoms with Crippen LogP contribution in [0.1, 0.15) is 17.3 Å². The highest BCUT2D eigenvalue weighted by atomic mass is 32.1. The summed E-state index contributed by atoms with van der Waals surface area (Å²) in [5.74, 6) is 0.648. The van der Waals surface area contributed by atoms with E-state index < -0.39 is 0 Å². The molecule has 0 aliphatic carbocycles. The molecule has 3 heterocycles. The molecule has 0 bridgehead atoms. The van der Waals surface area contributed by atoms with E-state index in [-0.39, 0.29) is 5.91 Å². The molecule has 152 valence electrons. The van der Waals surface area contributed by atoms with Gasteiger partial charge in [-0.1, -0.05) is 24.3 Å². The molecular formula is C24H23N3O2S. The number of ether oxygens (including phenoxy) is 1. The third-order valence-electron chi connectivity index (χ3n) is 5.44. The van der Waals surface area contributed by atoms with E-state index in [2.05, 4.69) is 52.7 Å². The minimum absolute atomic E-state index is 0.0858. The maximum Gasteiger partial charge on any atom is 0.255 e. The van der Waals surface area contributed by atoms with Gasteiger partial charge in [-0.2, -0.15) is 0 Å². The number of morpholine rings is 1. The van der Waals surface area contributed by atoms with Crippen LogP contribution >= 0.6 is 11.3 Å². The van der Waals surface area contributed by atoms with Crippen molar-refractivity contribution in [3.8, 4) is 11.3 Å². The molecular weight excluding hydrogens is 394 g/mol. The number of amides is 1. The fourth-order valence-corrected chi connectivity index (χ4v) is 5.03. The number of pyridine rings is 1. The summed E-state index contributed by atoms with van der Waals surface area (Å²) in [6.07, 6.45) is 0. The fourth-order valence-electron chi connectivity index (χ4n) is 3.94. The Kier molecular flexibility index (Phi) is 5.11. The average Bonchev–Trinajstić information content (AvgIpc) is 3.17. The molecule has 0 spiro atoms. The van der Waals surface area contributed by atoms with Crippen LogP contribution in [0.4, 0.5) is 5.82 Å². The predicted octanol–water partition coefficient (Wildman–Crippen LogP) is 4.70. The van der Waals surface area contributed by atoms with Gasteiger partial charge >= 0.3 is 0 Å². The average molecular weight is 418 g/mol. The number of hydrogen-bond donors (Lipinski definition) is 1. The number of aromatic nitrogens is 1. The normalized spacial score (nSPS) is 14.4. The van der Waals surface area contributed by atoms with Crippen LogP contribution in [0.5, 0.6) is 0 Å². The summed E-state index contributed by atoms with van der Waals surface area (Å²) in [6, 6.07) is 18.8. The van der Waals surface area contributed by atoms with Crippen LogP contribution in [0.3, 0.4) is 0 Å². The third-order valence-corrected chi connectivity index (χ3v) is 6.59. The van der Waals surface area contributed by atoms with Gasteiger partial charge in [-0.05, 0) is 37.3 Å². The molecule has 5 nitrogen and oxygen atoms in total. The molecule has 2 aromatic carbocycles. The first-order chi connectivity index (χ1) is 14.7. The largest absolute Gasteiger partial charge is 0.378 e. The zero-order chi connectivity index (χ0) is 20.5. The Bertz CT molecular complexity index is 1230. The number of fused-ring (bicyclic) bond motifs is 3. The van der Waals surface area contributed by atoms with Crippen molar-refractivity contribution < 1.29 is 9.53 Å². The van der Waals surface area contributed by atoms with Gasteiger partial charge in [0.2, 0.25) is 0 Å². The van der Waals surface area contributed by atoms with E-state index in [1.807, 2.05) is 30.4 Å². The first-order valence-electron chi connectivity index (χ1n) is 10.3. The van der Waals surface area contributed by atoms with E-state index in [9.17, 15) is 4.79 Å². The molecule has 1 aliphatic heterocycles. The predicted molar refractivity (Wildman–Crippen MR) is 124 cm³/mol. The first-order valence-corrected chi connectivity index (χ1v) is 11.1. The van der Waals surface area contributed by atoms with E-state index in [4.69, 9.17) is 9.72 Å². The van der Waals surface area contributed by atoms with Gasteiger partial charge in [-0.25, -0.2) is 4.98 Å². The Hall–Kier alpha value is -2.96. The van der Waals surface area contributed by atoms with E-state index >= 15 is 0 Å². The molecule has 1 amide bonds. The van der Waals surface area contributed by atoms with Gasteiger partial charge in [0.15, 0.2) is 0 Å². The van der Waals surface area contributed by atoms with Crippen LogP contribution in [-0.4, -0.2) is 43.7 Å². The van der Waals surface area contributed by atoms with Gasteiger partial charge in [-0.3, -0.25) is 4.79 Å². The van der Waals surface area contributed by atoms with Crippen molar-refractivity contribution in [3.05, 3.63) is 60.2 Å². The second kappa shape index (κ2) is 8.05. The monoisotopic (exact) mass is 417 g/mol. The number of carbonyl (C=O) groups excluding carboxylic acids is 1.